The zero-order valence-corrected chi connectivity index (χ0v) is 12.5. The molecule has 1 aromatic carbocycles. The molecule has 0 saturated carbocycles. The summed E-state index contributed by atoms with van der Waals surface area (Å²) in [4.78, 5) is 13.2. The van der Waals surface area contributed by atoms with Crippen LogP contribution in [0.2, 0.25) is 0 Å². The molecular weight excluding hydrogens is 296 g/mol. The van der Waals surface area contributed by atoms with Gasteiger partial charge in [0.1, 0.15) is 11.7 Å². The molecule has 1 unspecified atom stereocenters. The van der Waals surface area contributed by atoms with E-state index in [0.717, 1.165) is 11.3 Å². The summed E-state index contributed by atoms with van der Waals surface area (Å²) in [6, 6.07) is 12.3. The van der Waals surface area contributed by atoms with Gasteiger partial charge < -0.3 is 14.0 Å². The lowest BCUT2D eigenvalue weighted by molar-refractivity contribution is -0.143. The number of nitrogens with zero attached hydrogens (tertiary/aromatic N) is 2. The van der Waals surface area contributed by atoms with Crippen LogP contribution in [0, 0.1) is 0 Å². The van der Waals surface area contributed by atoms with Crippen LogP contribution in [0.5, 0.6) is 0 Å². The average Bonchev–Trinajstić information content (AvgIpc) is 3.20. The topological polar surface area (TPSA) is 79.7 Å². The lowest BCUT2D eigenvalue weighted by Crippen LogP contribution is -2.30. The summed E-state index contributed by atoms with van der Waals surface area (Å²) in [6.07, 6.45) is 2.89. The number of rotatable bonds is 6. The van der Waals surface area contributed by atoms with Gasteiger partial charge in [0.05, 0.1) is 19.1 Å². The van der Waals surface area contributed by atoms with Crippen molar-refractivity contribution in [1.29, 1.82) is 0 Å². The Hall–Kier alpha value is -2.86. The zero-order valence-electron chi connectivity index (χ0n) is 12.5. The highest BCUT2D eigenvalue weighted by Crippen LogP contribution is 2.24. The van der Waals surface area contributed by atoms with Crippen LogP contribution in [0.15, 0.2) is 63.9 Å². The van der Waals surface area contributed by atoms with Gasteiger partial charge in [0, 0.05) is 17.2 Å². The molecule has 0 bridgehead atoms. The summed E-state index contributed by atoms with van der Waals surface area (Å²) in [6.45, 7) is 0.321. The molecule has 2 heterocycles. The van der Waals surface area contributed by atoms with Crippen LogP contribution in [0.25, 0.3) is 11.3 Å². The third-order valence-electron chi connectivity index (χ3n) is 3.57. The quantitative estimate of drug-likeness (QED) is 0.753. The van der Waals surface area contributed by atoms with Gasteiger partial charge in [-0.1, -0.05) is 35.5 Å². The van der Waals surface area contributed by atoms with Crippen molar-refractivity contribution in [3.8, 4) is 11.3 Å². The van der Waals surface area contributed by atoms with Crippen LogP contribution in [0.1, 0.15) is 17.4 Å². The minimum atomic E-state index is -0.948. The Morgan fingerprint density at radius 2 is 2.09 bits per heavy atom. The van der Waals surface area contributed by atoms with Gasteiger partial charge in [0.15, 0.2) is 5.76 Å². The molecule has 3 rings (SSSR count). The number of hydrogen-bond acceptors (Lipinski definition) is 5. The molecule has 0 aliphatic carbocycles. The standard InChI is InChI=1S/C17H16N2O4/c1-19(16(17(20)21)13-7-8-22-11-13)10-14-9-15(18-23-14)12-5-3-2-4-6-12/h2-9,11,16H,10H2,1H3,(H,20,21). The lowest BCUT2D eigenvalue weighted by Gasteiger charge is -2.22. The summed E-state index contributed by atoms with van der Waals surface area (Å²) < 4.78 is 10.3. The lowest BCUT2D eigenvalue weighted by atomic mass is 10.1. The van der Waals surface area contributed by atoms with Crippen LogP contribution in [0.4, 0.5) is 0 Å². The molecule has 0 amide bonds. The Balaban J connectivity index is 1.76. The zero-order chi connectivity index (χ0) is 16.2. The minimum absolute atomic E-state index is 0.321. The van der Waals surface area contributed by atoms with Gasteiger partial charge in [-0.15, -0.1) is 0 Å². The Kier molecular flexibility index (Phi) is 4.25. The molecule has 23 heavy (non-hydrogen) atoms. The van der Waals surface area contributed by atoms with E-state index in [1.807, 2.05) is 36.4 Å². The van der Waals surface area contributed by atoms with Gasteiger partial charge >= 0.3 is 5.97 Å². The van der Waals surface area contributed by atoms with Crippen LogP contribution in [-0.4, -0.2) is 28.2 Å². The second kappa shape index (κ2) is 6.50. The summed E-state index contributed by atoms with van der Waals surface area (Å²) in [7, 11) is 1.72. The number of aromatic nitrogens is 1. The molecule has 1 atom stereocenters. The molecule has 1 N–H and O–H groups in total. The molecule has 6 nitrogen and oxygen atoms in total. The maximum Gasteiger partial charge on any atom is 0.325 e. The largest absolute Gasteiger partial charge is 0.480 e. The van der Waals surface area contributed by atoms with Crippen molar-refractivity contribution in [2.45, 2.75) is 12.6 Å². The van der Waals surface area contributed by atoms with Crippen molar-refractivity contribution in [2.75, 3.05) is 7.05 Å². The van der Waals surface area contributed by atoms with Gasteiger partial charge in [-0.05, 0) is 13.1 Å². The normalized spacial score (nSPS) is 12.4. The second-order valence-electron chi connectivity index (χ2n) is 5.26. The monoisotopic (exact) mass is 312 g/mol. The number of likely N-dealkylation sites (N-methyl/N-ethyl adjacent to an activating group) is 1. The summed E-state index contributed by atoms with van der Waals surface area (Å²) in [5.74, 6) is -0.349. The van der Waals surface area contributed by atoms with E-state index in [1.165, 1.54) is 12.5 Å². The Bertz CT molecular complexity index is 765. The molecule has 0 aliphatic heterocycles. The number of carbonyl (C=O) groups is 1. The first-order valence-corrected chi connectivity index (χ1v) is 7.11. The number of carboxylic acids is 1. The molecule has 0 fully saturated rings. The van der Waals surface area contributed by atoms with Gasteiger partial charge in [0.2, 0.25) is 0 Å². The van der Waals surface area contributed by atoms with E-state index >= 15 is 0 Å². The molecule has 2 aromatic heterocycles. The molecule has 0 saturated heterocycles. The number of furan rings is 1. The fourth-order valence-corrected chi connectivity index (χ4v) is 2.49. The molecular formula is C17H16N2O4. The van der Waals surface area contributed by atoms with E-state index in [2.05, 4.69) is 5.16 Å². The predicted octanol–water partition coefficient (Wildman–Crippen LogP) is 3.19. The Morgan fingerprint density at radius 1 is 1.30 bits per heavy atom. The number of benzene rings is 1. The van der Waals surface area contributed by atoms with Crippen molar-refractivity contribution in [1.82, 2.24) is 10.1 Å². The average molecular weight is 312 g/mol. The van der Waals surface area contributed by atoms with Gasteiger partial charge in [-0.2, -0.15) is 0 Å². The van der Waals surface area contributed by atoms with Crippen LogP contribution < -0.4 is 0 Å². The van der Waals surface area contributed by atoms with Crippen molar-refractivity contribution in [3.05, 3.63) is 66.3 Å². The highest BCUT2D eigenvalue weighted by atomic mass is 16.5. The van der Waals surface area contributed by atoms with Gasteiger partial charge in [-0.25, -0.2) is 0 Å². The third-order valence-corrected chi connectivity index (χ3v) is 3.57. The first-order chi connectivity index (χ1) is 11.1. The van der Waals surface area contributed by atoms with Crippen molar-refractivity contribution < 1.29 is 18.8 Å². The molecule has 118 valence electrons. The van der Waals surface area contributed by atoms with Crippen LogP contribution in [-0.2, 0) is 11.3 Å². The molecule has 0 radical (unpaired) electrons. The fourth-order valence-electron chi connectivity index (χ4n) is 2.49. The fraction of sp³-hybridized carbons (Fsp3) is 0.176. The predicted molar refractivity (Wildman–Crippen MR) is 82.5 cm³/mol. The summed E-state index contributed by atoms with van der Waals surface area (Å²) >= 11 is 0. The van der Waals surface area contributed by atoms with E-state index in [1.54, 1.807) is 18.0 Å². The maximum atomic E-state index is 11.5. The molecule has 3 aromatic rings. The Labute approximate surface area is 132 Å². The number of aliphatic carboxylic acids is 1. The first-order valence-electron chi connectivity index (χ1n) is 7.11. The molecule has 0 spiro atoms. The van der Waals surface area contributed by atoms with Crippen LogP contribution >= 0.6 is 0 Å². The van der Waals surface area contributed by atoms with E-state index in [4.69, 9.17) is 8.94 Å². The third kappa shape index (κ3) is 3.32. The number of carboxylic acid groups (broad SMARTS) is 1. The van der Waals surface area contributed by atoms with Crippen LogP contribution in [0.3, 0.4) is 0 Å². The van der Waals surface area contributed by atoms with Crippen molar-refractivity contribution >= 4 is 5.97 Å². The van der Waals surface area contributed by atoms with Crippen molar-refractivity contribution in [2.24, 2.45) is 0 Å². The minimum Gasteiger partial charge on any atom is -0.480 e. The Morgan fingerprint density at radius 3 is 2.74 bits per heavy atom. The first kappa shape index (κ1) is 15.1. The smallest absolute Gasteiger partial charge is 0.325 e. The van der Waals surface area contributed by atoms with E-state index in [0.29, 0.717) is 17.9 Å². The van der Waals surface area contributed by atoms with Gasteiger partial charge in [0.25, 0.3) is 0 Å². The SMILES string of the molecule is CN(Cc1cc(-c2ccccc2)no1)C(C(=O)O)c1ccoc1. The van der Waals surface area contributed by atoms with Crippen molar-refractivity contribution in [3.63, 3.8) is 0 Å². The second-order valence-corrected chi connectivity index (χ2v) is 5.26. The van der Waals surface area contributed by atoms with Gasteiger partial charge in [-0.3, -0.25) is 9.69 Å². The highest BCUT2D eigenvalue weighted by molar-refractivity contribution is 5.75. The van der Waals surface area contributed by atoms with E-state index < -0.39 is 12.0 Å². The molecule has 6 heteroatoms. The maximum absolute atomic E-state index is 11.5. The summed E-state index contributed by atoms with van der Waals surface area (Å²) in [5, 5.41) is 13.5. The highest BCUT2D eigenvalue weighted by Gasteiger charge is 2.26. The molecule has 0 aliphatic rings. The van der Waals surface area contributed by atoms with E-state index in [9.17, 15) is 9.90 Å². The van der Waals surface area contributed by atoms with E-state index in [-0.39, 0.29) is 0 Å². The summed E-state index contributed by atoms with van der Waals surface area (Å²) in [5.41, 5.74) is 2.27. The number of hydrogen-bond donors (Lipinski definition) is 1.